The third kappa shape index (κ3) is 3.43. The lowest BCUT2D eigenvalue weighted by Crippen LogP contribution is -2.07. The average Bonchev–Trinajstić information content (AvgIpc) is 3.05. The van der Waals surface area contributed by atoms with Crippen molar-refractivity contribution in [1.82, 2.24) is 4.57 Å². The number of carbonyl (C=O) groups is 1. The number of ketones is 1. The van der Waals surface area contributed by atoms with Crippen LogP contribution < -0.4 is 4.74 Å². The third-order valence-corrected chi connectivity index (χ3v) is 6.50. The van der Waals surface area contributed by atoms with Crippen LogP contribution in [0.1, 0.15) is 47.8 Å². The number of para-hydroxylation sites is 1. The smallest absolute Gasteiger partial charge is 0.197 e. The lowest BCUT2D eigenvalue weighted by Gasteiger charge is -2.11. The summed E-state index contributed by atoms with van der Waals surface area (Å²) in [6.45, 7) is 5.13. The molecule has 0 atom stereocenters. The van der Waals surface area contributed by atoms with Crippen molar-refractivity contribution in [3.05, 3.63) is 75.9 Å². The molecule has 4 aromatic rings. The number of unbranched alkanes of at least 4 members (excludes halogenated alkanes) is 2. The Morgan fingerprint density at radius 2 is 1.73 bits per heavy atom. The molecule has 0 bridgehead atoms. The molecule has 0 aliphatic rings. The molecule has 0 aliphatic heterocycles. The van der Waals surface area contributed by atoms with Crippen LogP contribution in [0.25, 0.3) is 21.7 Å². The summed E-state index contributed by atoms with van der Waals surface area (Å²) in [5.41, 5.74) is 3.48. The van der Waals surface area contributed by atoms with Crippen molar-refractivity contribution >= 4 is 43.4 Å². The van der Waals surface area contributed by atoms with Gasteiger partial charge in [-0.15, -0.1) is 0 Å². The number of aromatic nitrogens is 1. The van der Waals surface area contributed by atoms with E-state index in [2.05, 4.69) is 34.3 Å². The molecule has 30 heavy (non-hydrogen) atoms. The van der Waals surface area contributed by atoms with Gasteiger partial charge in [0.1, 0.15) is 5.75 Å². The highest BCUT2D eigenvalue weighted by molar-refractivity contribution is 9.10. The summed E-state index contributed by atoms with van der Waals surface area (Å²) in [6.07, 6.45) is 3.39. The van der Waals surface area contributed by atoms with Crippen molar-refractivity contribution in [3.8, 4) is 5.75 Å². The Bertz CT molecular complexity index is 1240. The van der Waals surface area contributed by atoms with Crippen molar-refractivity contribution in [3.63, 3.8) is 0 Å². The highest BCUT2D eigenvalue weighted by Crippen LogP contribution is 2.37. The van der Waals surface area contributed by atoms with Crippen LogP contribution in [0.4, 0.5) is 0 Å². The number of fused-ring (bicyclic) bond motifs is 2. The van der Waals surface area contributed by atoms with E-state index in [0.717, 1.165) is 69.0 Å². The van der Waals surface area contributed by atoms with Crippen molar-refractivity contribution in [1.29, 1.82) is 0 Å². The van der Waals surface area contributed by atoms with Crippen molar-refractivity contribution in [2.45, 2.75) is 39.7 Å². The van der Waals surface area contributed by atoms with Crippen LogP contribution in [-0.2, 0) is 6.54 Å². The maximum absolute atomic E-state index is 14.0. The van der Waals surface area contributed by atoms with Crippen LogP contribution in [0.3, 0.4) is 0 Å². The van der Waals surface area contributed by atoms with E-state index in [0.29, 0.717) is 5.56 Å². The van der Waals surface area contributed by atoms with E-state index in [-0.39, 0.29) is 5.78 Å². The minimum Gasteiger partial charge on any atom is -0.495 e. The Morgan fingerprint density at radius 3 is 2.50 bits per heavy atom. The summed E-state index contributed by atoms with van der Waals surface area (Å²) >= 11 is 3.64. The number of hydrogen-bond donors (Lipinski definition) is 0. The molecule has 0 saturated carbocycles. The van der Waals surface area contributed by atoms with E-state index < -0.39 is 0 Å². The number of benzene rings is 3. The largest absolute Gasteiger partial charge is 0.495 e. The van der Waals surface area contributed by atoms with E-state index >= 15 is 0 Å². The van der Waals surface area contributed by atoms with Gasteiger partial charge in [-0.05, 0) is 36.2 Å². The van der Waals surface area contributed by atoms with Crippen LogP contribution in [0, 0.1) is 6.92 Å². The van der Waals surface area contributed by atoms with Crippen LogP contribution in [0.2, 0.25) is 0 Å². The van der Waals surface area contributed by atoms with Crippen LogP contribution in [0.5, 0.6) is 5.75 Å². The zero-order valence-electron chi connectivity index (χ0n) is 17.7. The van der Waals surface area contributed by atoms with E-state index in [1.165, 1.54) is 0 Å². The average molecular weight is 464 g/mol. The zero-order chi connectivity index (χ0) is 21.3. The van der Waals surface area contributed by atoms with Crippen LogP contribution in [0.15, 0.2) is 59.1 Å². The van der Waals surface area contributed by atoms with Gasteiger partial charge in [-0.25, -0.2) is 0 Å². The first kappa shape index (κ1) is 20.7. The Kier molecular flexibility index (Phi) is 5.96. The summed E-state index contributed by atoms with van der Waals surface area (Å²) in [5, 5.41) is 2.98. The number of ether oxygens (including phenoxy) is 1. The van der Waals surface area contributed by atoms with Crippen molar-refractivity contribution in [2.75, 3.05) is 7.11 Å². The van der Waals surface area contributed by atoms with Crippen LogP contribution >= 0.6 is 15.9 Å². The molecule has 0 radical (unpaired) electrons. The summed E-state index contributed by atoms with van der Waals surface area (Å²) < 4.78 is 8.76. The predicted octanol–water partition coefficient (Wildman–Crippen LogP) is 7.30. The number of carbonyl (C=O) groups excluding carboxylic acids is 1. The molecule has 1 heterocycles. The Morgan fingerprint density at radius 1 is 0.967 bits per heavy atom. The summed E-state index contributed by atoms with van der Waals surface area (Å²) in [4.78, 5) is 14.0. The van der Waals surface area contributed by atoms with E-state index in [9.17, 15) is 4.79 Å². The van der Waals surface area contributed by atoms with Gasteiger partial charge in [0, 0.05) is 27.7 Å². The van der Waals surface area contributed by atoms with E-state index in [1.807, 2.05) is 54.6 Å². The molecule has 0 saturated heterocycles. The molecule has 4 rings (SSSR count). The summed E-state index contributed by atoms with van der Waals surface area (Å²) in [6, 6.07) is 18.0. The molecule has 3 nitrogen and oxygen atoms in total. The highest BCUT2D eigenvalue weighted by Gasteiger charge is 2.25. The molecular formula is C26H26BrNO2. The number of rotatable bonds is 7. The first-order valence-electron chi connectivity index (χ1n) is 10.5. The first-order chi connectivity index (χ1) is 14.6. The van der Waals surface area contributed by atoms with Crippen molar-refractivity contribution < 1.29 is 9.53 Å². The van der Waals surface area contributed by atoms with Gasteiger partial charge in [-0.2, -0.15) is 0 Å². The SMILES string of the molecule is CCCCCn1c(C)c(C(=O)c2c(Br)ccc3ccccc23)c2cccc(OC)c21. The molecule has 0 N–H and O–H groups in total. The highest BCUT2D eigenvalue weighted by atomic mass is 79.9. The van der Waals surface area contributed by atoms with Gasteiger partial charge in [-0.3, -0.25) is 4.79 Å². The van der Waals surface area contributed by atoms with Crippen LogP contribution in [-0.4, -0.2) is 17.5 Å². The topological polar surface area (TPSA) is 31.2 Å². The fourth-order valence-electron chi connectivity index (χ4n) is 4.35. The van der Waals surface area contributed by atoms with Gasteiger partial charge in [0.15, 0.2) is 5.78 Å². The van der Waals surface area contributed by atoms with E-state index in [4.69, 9.17) is 4.74 Å². The number of methoxy groups -OCH3 is 1. The fraction of sp³-hybridized carbons (Fsp3) is 0.269. The molecule has 0 aliphatic carbocycles. The molecule has 3 aromatic carbocycles. The van der Waals surface area contributed by atoms with Gasteiger partial charge in [0.05, 0.1) is 18.2 Å². The van der Waals surface area contributed by atoms with Gasteiger partial charge in [0.2, 0.25) is 0 Å². The Labute approximate surface area is 185 Å². The van der Waals surface area contributed by atoms with Gasteiger partial charge in [-0.1, -0.05) is 78.2 Å². The summed E-state index contributed by atoms with van der Waals surface area (Å²) in [7, 11) is 1.69. The second-order valence-corrected chi connectivity index (χ2v) is 8.50. The molecule has 0 unspecified atom stereocenters. The maximum atomic E-state index is 14.0. The van der Waals surface area contributed by atoms with Gasteiger partial charge < -0.3 is 9.30 Å². The van der Waals surface area contributed by atoms with E-state index in [1.54, 1.807) is 7.11 Å². The Hall–Kier alpha value is -2.59. The molecule has 0 spiro atoms. The summed E-state index contributed by atoms with van der Waals surface area (Å²) in [5.74, 6) is 0.854. The molecular weight excluding hydrogens is 438 g/mol. The number of nitrogens with zero attached hydrogens (tertiary/aromatic N) is 1. The van der Waals surface area contributed by atoms with Gasteiger partial charge >= 0.3 is 0 Å². The first-order valence-corrected chi connectivity index (χ1v) is 11.3. The zero-order valence-corrected chi connectivity index (χ0v) is 19.3. The standard InChI is InChI=1S/C26H26BrNO2/c1-4-5-8-16-28-17(2)23(20-12-9-13-22(30-3)25(20)28)26(29)24-19-11-7-6-10-18(19)14-15-21(24)27/h6-7,9-15H,4-5,8,16H2,1-3H3. The minimum absolute atomic E-state index is 0.0451. The fourth-order valence-corrected chi connectivity index (χ4v) is 4.88. The molecule has 154 valence electrons. The second-order valence-electron chi connectivity index (χ2n) is 7.65. The molecule has 4 heteroatoms. The molecule has 0 amide bonds. The number of aryl methyl sites for hydroxylation is 1. The Balaban J connectivity index is 1.97. The predicted molar refractivity (Wildman–Crippen MR) is 128 cm³/mol. The minimum atomic E-state index is 0.0451. The molecule has 1 aromatic heterocycles. The lowest BCUT2D eigenvalue weighted by atomic mass is 9.95. The third-order valence-electron chi connectivity index (χ3n) is 5.84. The lowest BCUT2D eigenvalue weighted by molar-refractivity contribution is 0.104. The number of hydrogen-bond acceptors (Lipinski definition) is 2. The van der Waals surface area contributed by atoms with Crippen molar-refractivity contribution in [2.24, 2.45) is 0 Å². The second kappa shape index (κ2) is 8.65. The quantitative estimate of drug-likeness (QED) is 0.212. The normalized spacial score (nSPS) is 11.3. The molecule has 0 fully saturated rings. The maximum Gasteiger partial charge on any atom is 0.197 e. The number of halogens is 1. The monoisotopic (exact) mass is 463 g/mol. The van der Waals surface area contributed by atoms with Gasteiger partial charge in [0.25, 0.3) is 0 Å².